The van der Waals surface area contributed by atoms with E-state index in [2.05, 4.69) is 22.9 Å². The number of rotatable bonds is 3. The number of fused-ring (bicyclic) bond motifs is 1. The first kappa shape index (κ1) is 13.2. The van der Waals surface area contributed by atoms with Crippen LogP contribution in [-0.2, 0) is 4.74 Å². The second-order valence-corrected chi connectivity index (χ2v) is 5.24. The minimum Gasteiger partial charge on any atom is -0.398 e. The van der Waals surface area contributed by atoms with E-state index in [0.717, 1.165) is 49.1 Å². The predicted molar refractivity (Wildman–Crippen MR) is 83.0 cm³/mol. The largest absolute Gasteiger partial charge is 0.398 e. The first-order valence-electron chi connectivity index (χ1n) is 7.29. The Kier molecular flexibility index (Phi) is 3.74. The van der Waals surface area contributed by atoms with Crippen molar-refractivity contribution in [3.8, 4) is 0 Å². The van der Waals surface area contributed by atoms with Crippen molar-refractivity contribution in [2.24, 2.45) is 0 Å². The molecule has 0 bridgehead atoms. The maximum Gasteiger partial charge on any atom is 0.0955 e. The van der Waals surface area contributed by atoms with E-state index in [4.69, 9.17) is 10.5 Å². The van der Waals surface area contributed by atoms with Crippen molar-refractivity contribution in [1.29, 1.82) is 0 Å². The van der Waals surface area contributed by atoms with Gasteiger partial charge in [-0.2, -0.15) is 0 Å². The number of aromatic nitrogens is 1. The molecule has 1 aliphatic rings. The molecule has 2 heterocycles. The van der Waals surface area contributed by atoms with Gasteiger partial charge in [0.1, 0.15) is 0 Å². The van der Waals surface area contributed by atoms with Crippen molar-refractivity contribution in [3.63, 3.8) is 0 Å². The zero-order valence-electron chi connectivity index (χ0n) is 11.9. The summed E-state index contributed by atoms with van der Waals surface area (Å²) in [5.74, 6) is 0. The Morgan fingerprint density at radius 3 is 3.15 bits per heavy atom. The zero-order valence-corrected chi connectivity index (χ0v) is 11.9. The van der Waals surface area contributed by atoms with Crippen LogP contribution in [0.15, 0.2) is 30.5 Å². The molecule has 106 valence electrons. The van der Waals surface area contributed by atoms with Gasteiger partial charge in [-0.15, -0.1) is 0 Å². The lowest BCUT2D eigenvalue weighted by Crippen LogP contribution is -2.39. The quantitative estimate of drug-likeness (QED) is 0.872. The van der Waals surface area contributed by atoms with Crippen molar-refractivity contribution in [1.82, 2.24) is 4.98 Å². The molecule has 0 amide bonds. The normalized spacial score (nSPS) is 19.4. The lowest BCUT2D eigenvalue weighted by atomic mass is 10.1. The number of hydrogen-bond acceptors (Lipinski definition) is 4. The van der Waals surface area contributed by atoms with Crippen LogP contribution in [0.1, 0.15) is 19.8 Å². The summed E-state index contributed by atoms with van der Waals surface area (Å²) >= 11 is 0. The molecule has 1 fully saturated rings. The van der Waals surface area contributed by atoms with Gasteiger partial charge in [0.25, 0.3) is 0 Å². The first-order chi connectivity index (χ1) is 9.79. The first-order valence-corrected chi connectivity index (χ1v) is 7.29. The summed E-state index contributed by atoms with van der Waals surface area (Å²) in [5.41, 5.74) is 8.99. The summed E-state index contributed by atoms with van der Waals surface area (Å²) < 4.78 is 5.78. The van der Waals surface area contributed by atoms with E-state index >= 15 is 0 Å². The highest BCUT2D eigenvalue weighted by Gasteiger charge is 2.22. The molecule has 2 aromatic rings. The molecule has 1 atom stereocenters. The summed E-state index contributed by atoms with van der Waals surface area (Å²) in [6, 6.07) is 8.02. The Morgan fingerprint density at radius 1 is 1.40 bits per heavy atom. The summed E-state index contributed by atoms with van der Waals surface area (Å²) in [4.78, 5) is 6.90. The van der Waals surface area contributed by atoms with Gasteiger partial charge in [0.15, 0.2) is 0 Å². The molecule has 4 heteroatoms. The van der Waals surface area contributed by atoms with Crippen molar-refractivity contribution in [2.45, 2.75) is 25.9 Å². The van der Waals surface area contributed by atoms with Crippen molar-refractivity contribution < 1.29 is 4.74 Å². The van der Waals surface area contributed by atoms with Gasteiger partial charge in [-0.05, 0) is 44.0 Å². The number of anilines is 2. The van der Waals surface area contributed by atoms with Gasteiger partial charge < -0.3 is 15.4 Å². The molecule has 0 aliphatic carbocycles. The predicted octanol–water partition coefficient (Wildman–Crippen LogP) is 2.82. The fourth-order valence-corrected chi connectivity index (χ4v) is 2.96. The number of nitrogens with zero attached hydrogens (tertiary/aromatic N) is 2. The minimum absolute atomic E-state index is 0.324. The number of nitrogen functional groups attached to an aromatic ring is 1. The molecular formula is C16H21N3O. The van der Waals surface area contributed by atoms with Gasteiger partial charge in [0.2, 0.25) is 0 Å². The lowest BCUT2D eigenvalue weighted by molar-refractivity contribution is 0.0527. The van der Waals surface area contributed by atoms with Crippen LogP contribution < -0.4 is 10.6 Å². The Hall–Kier alpha value is -1.81. The van der Waals surface area contributed by atoms with E-state index in [9.17, 15) is 0 Å². The molecule has 1 aromatic carbocycles. The molecule has 3 rings (SSSR count). The summed E-state index contributed by atoms with van der Waals surface area (Å²) in [6.07, 6.45) is 4.45. The van der Waals surface area contributed by atoms with Crippen molar-refractivity contribution >= 4 is 22.3 Å². The van der Waals surface area contributed by atoms with Crippen LogP contribution in [0.2, 0.25) is 0 Å². The van der Waals surface area contributed by atoms with Gasteiger partial charge in [-0.1, -0.05) is 0 Å². The molecule has 1 aromatic heterocycles. The van der Waals surface area contributed by atoms with Gasteiger partial charge in [-0.25, -0.2) is 0 Å². The average molecular weight is 271 g/mol. The van der Waals surface area contributed by atoms with Crippen molar-refractivity contribution in [2.75, 3.05) is 30.3 Å². The van der Waals surface area contributed by atoms with Gasteiger partial charge in [0, 0.05) is 37.0 Å². The van der Waals surface area contributed by atoms with Crippen LogP contribution in [0.4, 0.5) is 11.4 Å². The third-order valence-corrected chi connectivity index (χ3v) is 3.90. The van der Waals surface area contributed by atoms with Gasteiger partial charge in [-0.3, -0.25) is 4.98 Å². The lowest BCUT2D eigenvalue weighted by Gasteiger charge is -2.34. The maximum absolute atomic E-state index is 6.05. The highest BCUT2D eigenvalue weighted by atomic mass is 16.5. The minimum atomic E-state index is 0.324. The average Bonchev–Trinajstić information content (AvgIpc) is 2.49. The molecule has 0 saturated carbocycles. The molecule has 1 aliphatic heterocycles. The van der Waals surface area contributed by atoms with E-state index in [1.807, 2.05) is 24.4 Å². The maximum atomic E-state index is 6.05. The number of benzene rings is 1. The Morgan fingerprint density at radius 2 is 2.30 bits per heavy atom. The number of piperidine rings is 1. The van der Waals surface area contributed by atoms with E-state index in [-0.39, 0.29) is 0 Å². The molecule has 1 saturated heterocycles. The smallest absolute Gasteiger partial charge is 0.0955 e. The Labute approximate surface area is 119 Å². The van der Waals surface area contributed by atoms with Crippen LogP contribution in [0.3, 0.4) is 0 Å². The SMILES string of the molecule is CCOC1CCCN(c2ccc(N)c3cccnc23)C1. The Bertz CT molecular complexity index is 597. The third-order valence-electron chi connectivity index (χ3n) is 3.90. The number of nitrogens with two attached hydrogens (primary N) is 1. The van der Waals surface area contributed by atoms with E-state index < -0.39 is 0 Å². The second-order valence-electron chi connectivity index (χ2n) is 5.24. The molecule has 0 spiro atoms. The second kappa shape index (κ2) is 5.67. The Balaban J connectivity index is 1.95. The monoisotopic (exact) mass is 271 g/mol. The zero-order chi connectivity index (χ0) is 13.9. The number of hydrogen-bond donors (Lipinski definition) is 1. The van der Waals surface area contributed by atoms with Crippen LogP contribution in [0, 0.1) is 0 Å². The fraction of sp³-hybridized carbons (Fsp3) is 0.438. The summed E-state index contributed by atoms with van der Waals surface area (Å²) in [7, 11) is 0. The molecule has 0 radical (unpaired) electrons. The van der Waals surface area contributed by atoms with E-state index in [0.29, 0.717) is 6.10 Å². The van der Waals surface area contributed by atoms with E-state index in [1.54, 1.807) is 0 Å². The highest BCUT2D eigenvalue weighted by molar-refractivity contribution is 5.98. The summed E-state index contributed by atoms with van der Waals surface area (Å²) in [5, 5.41) is 1.03. The van der Waals surface area contributed by atoms with Crippen LogP contribution >= 0.6 is 0 Å². The standard InChI is InChI=1S/C16H21N3O/c1-2-20-12-5-4-10-19(11-12)15-8-7-14(17)13-6-3-9-18-16(13)15/h3,6-9,12H,2,4-5,10-11,17H2,1H3. The van der Waals surface area contributed by atoms with Crippen molar-refractivity contribution in [3.05, 3.63) is 30.5 Å². The molecule has 20 heavy (non-hydrogen) atoms. The van der Waals surface area contributed by atoms with Crippen LogP contribution in [0.25, 0.3) is 10.9 Å². The van der Waals surface area contributed by atoms with E-state index in [1.165, 1.54) is 5.69 Å². The molecule has 2 N–H and O–H groups in total. The molecule has 1 unspecified atom stereocenters. The fourth-order valence-electron chi connectivity index (χ4n) is 2.96. The van der Waals surface area contributed by atoms with Crippen LogP contribution in [-0.4, -0.2) is 30.8 Å². The highest BCUT2D eigenvalue weighted by Crippen LogP contribution is 2.31. The van der Waals surface area contributed by atoms with Crippen LogP contribution in [0.5, 0.6) is 0 Å². The van der Waals surface area contributed by atoms with Gasteiger partial charge >= 0.3 is 0 Å². The third kappa shape index (κ3) is 2.43. The number of ether oxygens (including phenoxy) is 1. The number of pyridine rings is 1. The topological polar surface area (TPSA) is 51.4 Å². The molecular weight excluding hydrogens is 250 g/mol. The summed E-state index contributed by atoms with van der Waals surface area (Å²) in [6.45, 7) is 4.82. The molecule has 4 nitrogen and oxygen atoms in total. The van der Waals surface area contributed by atoms with Gasteiger partial charge in [0.05, 0.1) is 17.3 Å².